The lowest BCUT2D eigenvalue weighted by atomic mass is 9.77. The smallest absolute Gasteiger partial charge is 0.396 e. The third-order valence-electron chi connectivity index (χ3n) is 4.08. The van der Waals surface area contributed by atoms with E-state index >= 15 is 0 Å². The van der Waals surface area contributed by atoms with Gasteiger partial charge in [-0.3, -0.25) is 4.52 Å². The van der Waals surface area contributed by atoms with Crippen LogP contribution in [0.2, 0.25) is 0 Å². The van der Waals surface area contributed by atoms with E-state index in [2.05, 4.69) is 6.92 Å². The largest absolute Gasteiger partial charge is 0.470 e. The molecule has 0 aliphatic carbocycles. The van der Waals surface area contributed by atoms with Gasteiger partial charge in [0.25, 0.3) is 0 Å². The molecule has 0 aliphatic heterocycles. The molecule has 1 atom stereocenters. The van der Waals surface area contributed by atoms with Gasteiger partial charge in [0.15, 0.2) is 0 Å². The van der Waals surface area contributed by atoms with E-state index in [1.807, 2.05) is 13.8 Å². The molecule has 0 saturated carbocycles. The standard InChI is InChI=1S/C15H33O5P/c1-4-7-10-14(13-16)15(11-8-5-2,12-9-6-3)20-21(17,18)19/h14,16H,4-13H2,1-3H3,(H2,17,18,19). The molecule has 0 rings (SSSR count). The van der Waals surface area contributed by atoms with Gasteiger partial charge in [-0.25, -0.2) is 4.57 Å². The van der Waals surface area contributed by atoms with Crippen LogP contribution in [0.25, 0.3) is 0 Å². The summed E-state index contributed by atoms with van der Waals surface area (Å²) in [7, 11) is -4.58. The summed E-state index contributed by atoms with van der Waals surface area (Å²) in [4.78, 5) is 18.7. The van der Waals surface area contributed by atoms with Crippen molar-refractivity contribution in [3.8, 4) is 0 Å². The Labute approximate surface area is 129 Å². The van der Waals surface area contributed by atoms with Crippen molar-refractivity contribution in [1.82, 2.24) is 0 Å². The fraction of sp³-hybridized carbons (Fsp3) is 1.00. The van der Waals surface area contributed by atoms with Crippen molar-refractivity contribution in [1.29, 1.82) is 0 Å². The first-order valence-electron chi connectivity index (χ1n) is 8.22. The van der Waals surface area contributed by atoms with E-state index in [0.29, 0.717) is 12.8 Å². The van der Waals surface area contributed by atoms with Crippen LogP contribution in [-0.2, 0) is 9.09 Å². The topological polar surface area (TPSA) is 87.0 Å². The number of hydrogen-bond acceptors (Lipinski definition) is 3. The van der Waals surface area contributed by atoms with Crippen LogP contribution in [0.4, 0.5) is 0 Å². The third kappa shape index (κ3) is 8.32. The summed E-state index contributed by atoms with van der Waals surface area (Å²) in [6, 6.07) is 0. The highest BCUT2D eigenvalue weighted by molar-refractivity contribution is 7.46. The summed E-state index contributed by atoms with van der Waals surface area (Å²) >= 11 is 0. The van der Waals surface area contributed by atoms with Crippen LogP contribution in [-0.4, -0.2) is 27.1 Å². The first-order valence-corrected chi connectivity index (χ1v) is 9.75. The summed E-state index contributed by atoms with van der Waals surface area (Å²) in [6.45, 7) is 6.07. The Bertz CT molecular complexity index is 294. The van der Waals surface area contributed by atoms with E-state index in [1.165, 1.54) is 0 Å². The first-order chi connectivity index (χ1) is 9.85. The molecular weight excluding hydrogens is 291 g/mol. The summed E-state index contributed by atoms with van der Waals surface area (Å²) in [5.74, 6) is -0.219. The molecule has 5 nitrogen and oxygen atoms in total. The maximum atomic E-state index is 11.5. The number of phosphoric acid groups is 1. The van der Waals surface area contributed by atoms with Gasteiger partial charge in [-0.15, -0.1) is 0 Å². The maximum absolute atomic E-state index is 11.5. The number of rotatable bonds is 13. The van der Waals surface area contributed by atoms with Crippen molar-refractivity contribution in [3.05, 3.63) is 0 Å². The lowest BCUT2D eigenvalue weighted by molar-refractivity contribution is -0.0546. The SMILES string of the molecule is CCCCC(CO)C(CCCC)(CCCC)OP(=O)(O)O. The second kappa shape index (κ2) is 10.7. The third-order valence-corrected chi connectivity index (χ3v) is 4.68. The summed E-state index contributed by atoms with van der Waals surface area (Å²) in [5, 5.41) is 9.75. The predicted octanol–water partition coefficient (Wildman–Crippen LogP) is 4.01. The first kappa shape index (κ1) is 21.1. The molecule has 6 heteroatoms. The monoisotopic (exact) mass is 324 g/mol. The van der Waals surface area contributed by atoms with E-state index in [4.69, 9.17) is 4.52 Å². The molecule has 3 N–H and O–H groups in total. The zero-order chi connectivity index (χ0) is 16.4. The molecule has 0 bridgehead atoms. The van der Waals surface area contributed by atoms with Crippen molar-refractivity contribution in [3.63, 3.8) is 0 Å². The van der Waals surface area contributed by atoms with Crippen LogP contribution >= 0.6 is 7.82 Å². The van der Waals surface area contributed by atoms with Crippen molar-refractivity contribution >= 4 is 7.82 Å². The molecular formula is C15H33O5P. The molecule has 0 amide bonds. The van der Waals surface area contributed by atoms with Gasteiger partial charge in [0.2, 0.25) is 0 Å². The highest BCUT2D eigenvalue weighted by Crippen LogP contribution is 2.49. The highest BCUT2D eigenvalue weighted by Gasteiger charge is 2.43. The Morgan fingerprint density at radius 3 is 1.81 bits per heavy atom. The van der Waals surface area contributed by atoms with Gasteiger partial charge in [0.1, 0.15) is 0 Å². The molecule has 0 spiro atoms. The number of aliphatic hydroxyl groups excluding tert-OH is 1. The molecule has 0 aromatic heterocycles. The van der Waals surface area contributed by atoms with Gasteiger partial charge in [0, 0.05) is 12.5 Å². The molecule has 0 aliphatic rings. The van der Waals surface area contributed by atoms with Crippen molar-refractivity contribution in [2.24, 2.45) is 5.92 Å². The van der Waals surface area contributed by atoms with Crippen LogP contribution in [0.5, 0.6) is 0 Å². The minimum Gasteiger partial charge on any atom is -0.396 e. The van der Waals surface area contributed by atoms with Gasteiger partial charge in [-0.1, -0.05) is 59.3 Å². The van der Waals surface area contributed by atoms with Crippen molar-refractivity contribution < 1.29 is 24.0 Å². The van der Waals surface area contributed by atoms with E-state index in [0.717, 1.165) is 44.9 Å². The van der Waals surface area contributed by atoms with Crippen LogP contribution in [0.15, 0.2) is 0 Å². The quantitative estimate of drug-likeness (QED) is 0.446. The van der Waals surface area contributed by atoms with Gasteiger partial charge in [-0.05, 0) is 19.3 Å². The van der Waals surface area contributed by atoms with Crippen LogP contribution in [0, 0.1) is 5.92 Å². The Kier molecular flexibility index (Phi) is 10.8. The lowest BCUT2D eigenvalue weighted by Gasteiger charge is -2.40. The van der Waals surface area contributed by atoms with Gasteiger partial charge >= 0.3 is 7.82 Å². The van der Waals surface area contributed by atoms with E-state index in [1.54, 1.807) is 0 Å². The molecule has 0 radical (unpaired) electrons. The Balaban J connectivity index is 5.31. The summed E-state index contributed by atoms with van der Waals surface area (Å²) < 4.78 is 16.7. The van der Waals surface area contributed by atoms with E-state index in [9.17, 15) is 19.5 Å². The molecule has 0 aromatic rings. The summed E-state index contributed by atoms with van der Waals surface area (Å²) in [6.07, 6.45) is 7.38. The average Bonchev–Trinajstić information content (AvgIpc) is 2.41. The number of aliphatic hydroxyl groups is 1. The van der Waals surface area contributed by atoms with Gasteiger partial charge < -0.3 is 14.9 Å². The minimum atomic E-state index is -4.58. The lowest BCUT2D eigenvalue weighted by Crippen LogP contribution is -2.42. The summed E-state index contributed by atoms with van der Waals surface area (Å²) in [5.41, 5.74) is -0.908. The zero-order valence-corrected chi connectivity index (χ0v) is 14.6. The fourth-order valence-corrected chi connectivity index (χ4v) is 3.66. The van der Waals surface area contributed by atoms with Crippen molar-refractivity contribution in [2.45, 2.75) is 84.2 Å². The molecule has 0 fully saturated rings. The molecule has 0 heterocycles. The molecule has 128 valence electrons. The molecule has 21 heavy (non-hydrogen) atoms. The molecule has 0 saturated heterocycles. The average molecular weight is 324 g/mol. The van der Waals surface area contributed by atoms with Crippen LogP contribution < -0.4 is 0 Å². The van der Waals surface area contributed by atoms with Gasteiger partial charge in [0.05, 0.1) is 5.60 Å². The Morgan fingerprint density at radius 1 is 1.00 bits per heavy atom. The van der Waals surface area contributed by atoms with Gasteiger partial charge in [-0.2, -0.15) is 0 Å². The van der Waals surface area contributed by atoms with E-state index in [-0.39, 0.29) is 12.5 Å². The zero-order valence-electron chi connectivity index (χ0n) is 13.8. The maximum Gasteiger partial charge on any atom is 0.470 e. The number of unbranched alkanes of at least 4 members (excludes halogenated alkanes) is 3. The fourth-order valence-electron chi connectivity index (χ4n) is 2.86. The number of phosphoric ester groups is 1. The van der Waals surface area contributed by atoms with Crippen molar-refractivity contribution in [2.75, 3.05) is 6.61 Å². The van der Waals surface area contributed by atoms with Crippen LogP contribution in [0.3, 0.4) is 0 Å². The second-order valence-corrected chi connectivity index (χ2v) is 7.04. The minimum absolute atomic E-state index is 0.0899. The normalized spacial score (nSPS) is 14.4. The van der Waals surface area contributed by atoms with Crippen LogP contribution in [0.1, 0.15) is 78.6 Å². The van der Waals surface area contributed by atoms with E-state index < -0.39 is 13.4 Å². The predicted molar refractivity (Wildman–Crippen MR) is 85.0 cm³/mol. The number of hydrogen-bond donors (Lipinski definition) is 3. The Hall–Kier alpha value is 0.0700. The second-order valence-electron chi connectivity index (χ2n) is 5.88. The molecule has 1 unspecified atom stereocenters. The Morgan fingerprint density at radius 2 is 1.48 bits per heavy atom. The molecule has 0 aromatic carbocycles. The highest BCUT2D eigenvalue weighted by atomic mass is 31.2.